The largest absolute Gasteiger partial charge is 0.416 e. The molecule has 30 heavy (non-hydrogen) atoms. The normalized spacial score (nSPS) is 16.3. The van der Waals surface area contributed by atoms with Crippen LogP contribution in [-0.4, -0.2) is 49.6 Å². The topological polar surface area (TPSA) is 35.6 Å². The van der Waals surface area contributed by atoms with Crippen LogP contribution < -0.4 is 10.2 Å². The van der Waals surface area contributed by atoms with Crippen molar-refractivity contribution in [1.82, 2.24) is 10.2 Å². The van der Waals surface area contributed by atoms with Crippen LogP contribution in [0, 0.1) is 0 Å². The molecule has 1 atom stereocenters. The average Bonchev–Trinajstić information content (AvgIpc) is 2.73. The van der Waals surface area contributed by atoms with Crippen LogP contribution in [0.3, 0.4) is 0 Å². The standard InChI is InChI=1S/C23H28F3N3O/c1-18(10-11-19-6-3-2-4-7-19)27-22(30)17-28-12-14-29(15-13-28)21-9-5-8-20(16-21)23(24,25)26/h2-9,16,18H,10-15,17H2,1H3,(H,27,30)/t18-/m0/s1. The molecule has 1 amide bonds. The number of benzene rings is 2. The maximum atomic E-state index is 12.9. The van der Waals surface area contributed by atoms with E-state index in [0.29, 0.717) is 38.4 Å². The number of carbonyl (C=O) groups excluding carboxylic acids is 1. The summed E-state index contributed by atoms with van der Waals surface area (Å²) in [7, 11) is 0. The van der Waals surface area contributed by atoms with Crippen LogP contribution in [0.15, 0.2) is 54.6 Å². The van der Waals surface area contributed by atoms with Crippen molar-refractivity contribution < 1.29 is 18.0 Å². The Bertz CT molecular complexity index is 818. The zero-order valence-electron chi connectivity index (χ0n) is 17.2. The molecule has 1 heterocycles. The fourth-order valence-electron chi connectivity index (χ4n) is 3.67. The monoisotopic (exact) mass is 419 g/mol. The lowest BCUT2D eigenvalue weighted by atomic mass is 10.1. The van der Waals surface area contributed by atoms with Crippen molar-refractivity contribution in [3.05, 3.63) is 65.7 Å². The highest BCUT2D eigenvalue weighted by Crippen LogP contribution is 2.31. The SMILES string of the molecule is C[C@@H](CCc1ccccc1)NC(=O)CN1CCN(c2cccc(C(F)(F)F)c2)CC1. The van der Waals surface area contributed by atoms with E-state index in [0.717, 1.165) is 18.9 Å². The van der Waals surface area contributed by atoms with E-state index in [1.165, 1.54) is 17.7 Å². The predicted octanol–water partition coefficient (Wildman–Crippen LogP) is 3.96. The molecule has 2 aromatic carbocycles. The first-order valence-corrected chi connectivity index (χ1v) is 10.3. The van der Waals surface area contributed by atoms with Gasteiger partial charge in [0.05, 0.1) is 12.1 Å². The Morgan fingerprint density at radius 3 is 2.40 bits per heavy atom. The molecule has 0 radical (unpaired) electrons. The molecular formula is C23H28F3N3O. The van der Waals surface area contributed by atoms with Gasteiger partial charge in [0.25, 0.3) is 0 Å². The van der Waals surface area contributed by atoms with Crippen LogP contribution >= 0.6 is 0 Å². The summed E-state index contributed by atoms with van der Waals surface area (Å²) in [5, 5.41) is 3.05. The molecule has 1 fully saturated rings. The molecule has 0 aliphatic carbocycles. The molecule has 4 nitrogen and oxygen atoms in total. The molecule has 0 aromatic heterocycles. The van der Waals surface area contributed by atoms with Crippen molar-refractivity contribution in [3.8, 4) is 0 Å². The Hall–Kier alpha value is -2.54. The Balaban J connectivity index is 1.41. The Morgan fingerprint density at radius 2 is 1.73 bits per heavy atom. The molecule has 0 spiro atoms. The molecule has 1 aliphatic rings. The van der Waals surface area contributed by atoms with E-state index in [1.54, 1.807) is 6.07 Å². The molecule has 0 saturated carbocycles. The van der Waals surface area contributed by atoms with Crippen LogP contribution in [0.2, 0.25) is 0 Å². The minimum Gasteiger partial charge on any atom is -0.369 e. The lowest BCUT2D eigenvalue weighted by molar-refractivity contribution is -0.137. The Morgan fingerprint density at radius 1 is 1.03 bits per heavy atom. The van der Waals surface area contributed by atoms with E-state index in [9.17, 15) is 18.0 Å². The molecule has 2 aromatic rings. The minimum atomic E-state index is -4.34. The van der Waals surface area contributed by atoms with Gasteiger partial charge in [0.1, 0.15) is 0 Å². The maximum absolute atomic E-state index is 12.9. The lowest BCUT2D eigenvalue weighted by Crippen LogP contribution is -2.50. The maximum Gasteiger partial charge on any atom is 0.416 e. The number of alkyl halides is 3. The van der Waals surface area contributed by atoms with Gasteiger partial charge in [-0.2, -0.15) is 13.2 Å². The highest BCUT2D eigenvalue weighted by Gasteiger charge is 2.31. The molecule has 7 heteroatoms. The van der Waals surface area contributed by atoms with Gasteiger partial charge in [-0.05, 0) is 43.5 Å². The quantitative estimate of drug-likeness (QED) is 0.738. The number of nitrogens with one attached hydrogen (secondary N) is 1. The Kier molecular flexibility index (Phi) is 7.37. The number of amides is 1. The van der Waals surface area contributed by atoms with Crippen LogP contribution in [0.4, 0.5) is 18.9 Å². The third-order valence-electron chi connectivity index (χ3n) is 5.39. The third kappa shape index (κ3) is 6.49. The number of rotatable bonds is 7. The van der Waals surface area contributed by atoms with Gasteiger partial charge in [0, 0.05) is 37.9 Å². The number of anilines is 1. The third-order valence-corrected chi connectivity index (χ3v) is 5.39. The Labute approximate surface area is 175 Å². The second kappa shape index (κ2) is 9.98. The summed E-state index contributed by atoms with van der Waals surface area (Å²) in [6.07, 6.45) is -2.55. The van der Waals surface area contributed by atoms with Gasteiger partial charge in [-0.3, -0.25) is 9.69 Å². The summed E-state index contributed by atoms with van der Waals surface area (Å²) < 4.78 is 38.8. The summed E-state index contributed by atoms with van der Waals surface area (Å²) in [5.41, 5.74) is 1.19. The van der Waals surface area contributed by atoms with E-state index in [-0.39, 0.29) is 11.9 Å². The van der Waals surface area contributed by atoms with Gasteiger partial charge in [-0.15, -0.1) is 0 Å². The molecule has 0 bridgehead atoms. The number of hydrogen-bond acceptors (Lipinski definition) is 3. The smallest absolute Gasteiger partial charge is 0.369 e. The first-order valence-electron chi connectivity index (χ1n) is 10.3. The van der Waals surface area contributed by atoms with E-state index in [4.69, 9.17) is 0 Å². The first-order chi connectivity index (χ1) is 14.3. The lowest BCUT2D eigenvalue weighted by Gasteiger charge is -2.36. The predicted molar refractivity (Wildman–Crippen MR) is 112 cm³/mol. The zero-order chi connectivity index (χ0) is 21.6. The highest BCUT2D eigenvalue weighted by atomic mass is 19.4. The van der Waals surface area contributed by atoms with E-state index >= 15 is 0 Å². The summed E-state index contributed by atoms with van der Waals surface area (Å²) >= 11 is 0. The first kappa shape index (κ1) is 22.2. The van der Waals surface area contributed by atoms with E-state index < -0.39 is 11.7 Å². The van der Waals surface area contributed by atoms with Crippen molar-refractivity contribution in [3.63, 3.8) is 0 Å². The van der Waals surface area contributed by atoms with Crippen LogP contribution in [0.25, 0.3) is 0 Å². The van der Waals surface area contributed by atoms with Gasteiger partial charge >= 0.3 is 6.18 Å². The molecule has 162 valence electrons. The summed E-state index contributed by atoms with van der Waals surface area (Å²) in [5.74, 6) is -0.0110. The van der Waals surface area contributed by atoms with Crippen molar-refractivity contribution in [1.29, 1.82) is 0 Å². The van der Waals surface area contributed by atoms with Crippen LogP contribution in [-0.2, 0) is 17.4 Å². The van der Waals surface area contributed by atoms with Crippen molar-refractivity contribution in [2.45, 2.75) is 32.0 Å². The second-order valence-electron chi connectivity index (χ2n) is 7.80. The van der Waals surface area contributed by atoms with Gasteiger partial charge in [0.2, 0.25) is 5.91 Å². The molecule has 1 saturated heterocycles. The van der Waals surface area contributed by atoms with Crippen LogP contribution in [0.1, 0.15) is 24.5 Å². The fourth-order valence-corrected chi connectivity index (χ4v) is 3.67. The second-order valence-corrected chi connectivity index (χ2v) is 7.80. The van der Waals surface area contributed by atoms with Gasteiger partial charge in [0.15, 0.2) is 0 Å². The van der Waals surface area contributed by atoms with E-state index in [1.807, 2.05) is 34.9 Å². The van der Waals surface area contributed by atoms with Gasteiger partial charge in [-0.1, -0.05) is 36.4 Å². The number of nitrogens with zero attached hydrogens (tertiary/aromatic N) is 2. The highest BCUT2D eigenvalue weighted by molar-refractivity contribution is 5.78. The van der Waals surface area contributed by atoms with Gasteiger partial charge < -0.3 is 10.2 Å². The van der Waals surface area contributed by atoms with Crippen molar-refractivity contribution in [2.75, 3.05) is 37.6 Å². The fraction of sp³-hybridized carbons (Fsp3) is 0.435. The molecule has 0 unspecified atom stereocenters. The summed E-state index contributed by atoms with van der Waals surface area (Å²) in [4.78, 5) is 16.3. The molecule has 1 aliphatic heterocycles. The van der Waals surface area contributed by atoms with Crippen molar-refractivity contribution >= 4 is 11.6 Å². The molecule has 1 N–H and O–H groups in total. The number of carbonyl (C=O) groups is 1. The number of hydrogen-bond donors (Lipinski definition) is 1. The average molecular weight is 419 g/mol. The molecule has 3 rings (SSSR count). The number of piperazine rings is 1. The molecular weight excluding hydrogens is 391 g/mol. The zero-order valence-corrected chi connectivity index (χ0v) is 17.2. The van der Waals surface area contributed by atoms with Crippen molar-refractivity contribution in [2.24, 2.45) is 0 Å². The number of aryl methyl sites for hydroxylation is 1. The van der Waals surface area contributed by atoms with Gasteiger partial charge in [-0.25, -0.2) is 0 Å². The number of halogens is 3. The van der Waals surface area contributed by atoms with E-state index in [2.05, 4.69) is 17.4 Å². The summed E-state index contributed by atoms with van der Waals surface area (Å²) in [6, 6.07) is 15.7. The summed E-state index contributed by atoms with van der Waals surface area (Å²) in [6.45, 7) is 4.79. The minimum absolute atomic E-state index is 0.0110. The van der Waals surface area contributed by atoms with Crippen LogP contribution in [0.5, 0.6) is 0 Å².